The van der Waals surface area contributed by atoms with Crippen LogP contribution in [0.3, 0.4) is 0 Å². The molecule has 5 nitrogen and oxygen atoms in total. The SMILES string of the molecule is CC.COC(=O)c1cc(OC)c2nc(N3CCCCC3)sc2c1. The summed E-state index contributed by atoms with van der Waals surface area (Å²) < 4.78 is 11.1. The van der Waals surface area contributed by atoms with Crippen LogP contribution >= 0.6 is 11.3 Å². The third kappa shape index (κ3) is 3.75. The monoisotopic (exact) mass is 336 g/mol. The van der Waals surface area contributed by atoms with Gasteiger partial charge < -0.3 is 14.4 Å². The second kappa shape index (κ2) is 8.15. The lowest BCUT2D eigenvalue weighted by Crippen LogP contribution is -2.29. The third-order valence-corrected chi connectivity index (χ3v) is 4.78. The number of nitrogens with zero attached hydrogens (tertiary/aromatic N) is 2. The fourth-order valence-corrected chi connectivity index (χ4v) is 3.67. The summed E-state index contributed by atoms with van der Waals surface area (Å²) in [4.78, 5) is 18.7. The van der Waals surface area contributed by atoms with Gasteiger partial charge >= 0.3 is 5.97 Å². The van der Waals surface area contributed by atoms with Crippen molar-refractivity contribution in [3.63, 3.8) is 0 Å². The first-order valence-electron chi connectivity index (χ1n) is 8.05. The number of piperidine rings is 1. The highest BCUT2D eigenvalue weighted by Gasteiger charge is 2.19. The Kier molecular flexibility index (Phi) is 6.21. The topological polar surface area (TPSA) is 51.7 Å². The Morgan fingerprint density at radius 3 is 2.48 bits per heavy atom. The number of ether oxygens (including phenoxy) is 2. The molecule has 3 rings (SSSR count). The van der Waals surface area contributed by atoms with Gasteiger partial charge in [-0.05, 0) is 31.4 Å². The molecule has 2 aromatic rings. The second-order valence-corrected chi connectivity index (χ2v) is 6.07. The van der Waals surface area contributed by atoms with E-state index in [2.05, 4.69) is 4.90 Å². The molecule has 0 unspecified atom stereocenters. The smallest absolute Gasteiger partial charge is 0.338 e. The Bertz CT molecular complexity index is 663. The van der Waals surface area contributed by atoms with Crippen LogP contribution in [0.5, 0.6) is 5.75 Å². The second-order valence-electron chi connectivity index (χ2n) is 5.06. The molecule has 1 aliphatic rings. The highest BCUT2D eigenvalue weighted by molar-refractivity contribution is 7.22. The molecule has 0 spiro atoms. The number of rotatable bonds is 3. The van der Waals surface area contributed by atoms with Crippen LogP contribution in [0.1, 0.15) is 43.5 Å². The van der Waals surface area contributed by atoms with Crippen molar-refractivity contribution in [2.24, 2.45) is 0 Å². The first-order valence-corrected chi connectivity index (χ1v) is 8.86. The van der Waals surface area contributed by atoms with Crippen molar-refractivity contribution in [2.45, 2.75) is 33.1 Å². The van der Waals surface area contributed by atoms with Gasteiger partial charge in [-0.1, -0.05) is 25.2 Å². The summed E-state index contributed by atoms with van der Waals surface area (Å²) >= 11 is 1.60. The van der Waals surface area contributed by atoms with Crippen molar-refractivity contribution >= 4 is 32.7 Å². The Balaban J connectivity index is 0.000000924. The van der Waals surface area contributed by atoms with Crippen LogP contribution in [-0.4, -0.2) is 38.3 Å². The molecule has 0 aliphatic carbocycles. The summed E-state index contributed by atoms with van der Waals surface area (Å²) in [5, 5.41) is 1.00. The average Bonchev–Trinajstić information content (AvgIpc) is 3.06. The van der Waals surface area contributed by atoms with Crippen molar-refractivity contribution in [1.82, 2.24) is 4.98 Å². The van der Waals surface area contributed by atoms with E-state index in [4.69, 9.17) is 14.5 Å². The van der Waals surface area contributed by atoms with E-state index in [1.54, 1.807) is 24.5 Å². The zero-order chi connectivity index (χ0) is 16.8. The fraction of sp³-hybridized carbons (Fsp3) is 0.529. The summed E-state index contributed by atoms with van der Waals surface area (Å²) in [7, 11) is 2.97. The maximum atomic E-state index is 11.7. The molecular formula is C17H24N2O3S. The molecule has 0 atom stereocenters. The fourth-order valence-electron chi connectivity index (χ4n) is 2.60. The largest absolute Gasteiger partial charge is 0.494 e. The predicted octanol–water partition coefficient (Wildman–Crippen LogP) is 4.11. The molecule has 1 aromatic carbocycles. The lowest BCUT2D eigenvalue weighted by molar-refractivity contribution is 0.0600. The Morgan fingerprint density at radius 1 is 1.17 bits per heavy atom. The lowest BCUT2D eigenvalue weighted by atomic mass is 10.1. The minimum Gasteiger partial charge on any atom is -0.494 e. The third-order valence-electron chi connectivity index (χ3n) is 3.72. The van der Waals surface area contributed by atoms with Crippen LogP contribution < -0.4 is 9.64 Å². The number of esters is 1. The summed E-state index contributed by atoms with van der Waals surface area (Å²) in [5.74, 6) is 0.260. The van der Waals surface area contributed by atoms with Crippen molar-refractivity contribution in [1.29, 1.82) is 0 Å². The zero-order valence-electron chi connectivity index (χ0n) is 14.2. The zero-order valence-corrected chi connectivity index (χ0v) is 15.0. The molecule has 0 N–H and O–H groups in total. The van der Waals surface area contributed by atoms with E-state index in [0.717, 1.165) is 28.4 Å². The van der Waals surface area contributed by atoms with E-state index in [-0.39, 0.29) is 5.97 Å². The molecule has 0 radical (unpaired) electrons. The summed E-state index contributed by atoms with van der Waals surface area (Å²) in [6, 6.07) is 3.52. The lowest BCUT2D eigenvalue weighted by Gasteiger charge is -2.25. The van der Waals surface area contributed by atoms with Gasteiger partial charge in [0.2, 0.25) is 0 Å². The van der Waals surface area contributed by atoms with E-state index in [1.807, 2.05) is 19.9 Å². The normalized spacial score (nSPS) is 14.2. The molecular weight excluding hydrogens is 312 g/mol. The maximum Gasteiger partial charge on any atom is 0.338 e. The molecule has 1 saturated heterocycles. The molecule has 0 saturated carbocycles. The van der Waals surface area contributed by atoms with Crippen molar-refractivity contribution in [2.75, 3.05) is 32.2 Å². The number of methoxy groups -OCH3 is 2. The maximum absolute atomic E-state index is 11.7. The number of anilines is 1. The summed E-state index contributed by atoms with van der Waals surface area (Å²) in [6.07, 6.45) is 3.71. The predicted molar refractivity (Wildman–Crippen MR) is 94.9 cm³/mol. The van der Waals surface area contributed by atoms with Crippen LogP contribution in [0.15, 0.2) is 12.1 Å². The van der Waals surface area contributed by atoms with Gasteiger partial charge in [0.15, 0.2) is 5.13 Å². The molecule has 0 amide bonds. The Hall–Kier alpha value is -1.82. The minimum absolute atomic E-state index is 0.358. The number of carbonyl (C=O) groups is 1. The van der Waals surface area contributed by atoms with E-state index in [1.165, 1.54) is 26.4 Å². The van der Waals surface area contributed by atoms with Crippen molar-refractivity contribution in [3.05, 3.63) is 17.7 Å². The molecule has 126 valence electrons. The van der Waals surface area contributed by atoms with E-state index < -0.39 is 0 Å². The number of fused-ring (bicyclic) bond motifs is 1. The summed E-state index contributed by atoms with van der Waals surface area (Å²) in [6.45, 7) is 6.10. The van der Waals surface area contributed by atoms with Gasteiger partial charge in [-0.2, -0.15) is 0 Å². The van der Waals surface area contributed by atoms with Gasteiger partial charge in [0, 0.05) is 13.1 Å². The molecule has 1 aliphatic heterocycles. The van der Waals surface area contributed by atoms with Crippen LogP contribution in [0.4, 0.5) is 5.13 Å². The first-order chi connectivity index (χ1) is 11.2. The highest BCUT2D eigenvalue weighted by Crippen LogP contribution is 2.36. The standard InChI is InChI=1S/C15H18N2O3S.C2H6/c1-19-11-8-10(14(18)20-2)9-12-13(11)16-15(21-12)17-6-4-3-5-7-17;1-2/h8-9H,3-7H2,1-2H3;1-2H3. The van der Waals surface area contributed by atoms with Gasteiger partial charge in [-0.3, -0.25) is 0 Å². The molecule has 2 heterocycles. The average molecular weight is 336 g/mol. The van der Waals surface area contributed by atoms with Crippen LogP contribution in [0.25, 0.3) is 10.2 Å². The quantitative estimate of drug-likeness (QED) is 0.790. The van der Waals surface area contributed by atoms with Gasteiger partial charge in [-0.25, -0.2) is 9.78 Å². The first kappa shape index (κ1) is 17.5. The molecule has 1 aromatic heterocycles. The molecule has 0 bridgehead atoms. The number of hydrogen-bond acceptors (Lipinski definition) is 6. The number of hydrogen-bond donors (Lipinski definition) is 0. The summed E-state index contributed by atoms with van der Waals surface area (Å²) in [5.41, 5.74) is 1.31. The van der Waals surface area contributed by atoms with E-state index >= 15 is 0 Å². The minimum atomic E-state index is -0.358. The van der Waals surface area contributed by atoms with Crippen LogP contribution in [-0.2, 0) is 4.74 Å². The van der Waals surface area contributed by atoms with Crippen molar-refractivity contribution < 1.29 is 14.3 Å². The highest BCUT2D eigenvalue weighted by atomic mass is 32.1. The van der Waals surface area contributed by atoms with Crippen LogP contribution in [0, 0.1) is 0 Å². The van der Waals surface area contributed by atoms with Crippen LogP contribution in [0.2, 0.25) is 0 Å². The Labute approximate surface area is 141 Å². The number of thiazole rings is 1. The molecule has 1 fully saturated rings. The van der Waals surface area contributed by atoms with Gasteiger partial charge in [0.25, 0.3) is 0 Å². The molecule has 23 heavy (non-hydrogen) atoms. The van der Waals surface area contributed by atoms with Gasteiger partial charge in [0.1, 0.15) is 11.3 Å². The van der Waals surface area contributed by atoms with E-state index in [9.17, 15) is 4.79 Å². The number of aromatic nitrogens is 1. The number of benzene rings is 1. The van der Waals surface area contributed by atoms with E-state index in [0.29, 0.717) is 11.3 Å². The van der Waals surface area contributed by atoms with Gasteiger partial charge in [-0.15, -0.1) is 0 Å². The van der Waals surface area contributed by atoms with Gasteiger partial charge in [0.05, 0.1) is 24.5 Å². The number of carbonyl (C=O) groups excluding carboxylic acids is 1. The van der Waals surface area contributed by atoms with Crippen molar-refractivity contribution in [3.8, 4) is 5.75 Å². The Morgan fingerprint density at radius 2 is 1.87 bits per heavy atom. The molecule has 6 heteroatoms.